The van der Waals surface area contributed by atoms with E-state index in [2.05, 4.69) is 0 Å². The Kier molecular flexibility index (Phi) is 3.01. The van der Waals surface area contributed by atoms with Crippen molar-refractivity contribution in [3.63, 3.8) is 0 Å². The molecule has 0 radical (unpaired) electrons. The summed E-state index contributed by atoms with van der Waals surface area (Å²) < 4.78 is 4.84. The lowest BCUT2D eigenvalue weighted by molar-refractivity contribution is 0.0696. The van der Waals surface area contributed by atoms with Crippen molar-refractivity contribution in [2.45, 2.75) is 0 Å². The molecule has 1 aromatic rings. The molecule has 0 spiro atoms. The van der Waals surface area contributed by atoms with E-state index in [4.69, 9.17) is 33.0 Å². The highest BCUT2D eigenvalue weighted by atomic mass is 35.5. The minimum absolute atomic E-state index is 0.0550. The zero-order chi connectivity index (χ0) is 10.0. The Morgan fingerprint density at radius 2 is 2.08 bits per heavy atom. The van der Waals surface area contributed by atoms with Crippen LogP contribution < -0.4 is 4.74 Å². The van der Waals surface area contributed by atoms with Crippen molar-refractivity contribution in [3.8, 4) is 5.75 Å². The summed E-state index contributed by atoms with van der Waals surface area (Å²) in [5, 5.41) is 9.04. The van der Waals surface area contributed by atoms with Gasteiger partial charge in [0.05, 0.1) is 17.7 Å². The predicted octanol–water partition coefficient (Wildman–Crippen LogP) is 2.70. The lowest BCUT2D eigenvalue weighted by Gasteiger charge is -2.05. The van der Waals surface area contributed by atoms with Gasteiger partial charge in [0.15, 0.2) is 0 Å². The van der Waals surface area contributed by atoms with Crippen LogP contribution in [0.4, 0.5) is 0 Å². The third-order valence-corrected chi connectivity index (χ3v) is 2.06. The Bertz CT molecular complexity index is 349. The highest BCUT2D eigenvalue weighted by molar-refractivity contribution is 6.36. The van der Waals surface area contributed by atoms with Crippen LogP contribution in [0.25, 0.3) is 0 Å². The van der Waals surface area contributed by atoms with Crippen molar-refractivity contribution in [1.29, 1.82) is 0 Å². The summed E-state index contributed by atoms with van der Waals surface area (Å²) in [5.74, 6) is -0.877. The number of carbonyl (C=O) groups is 1. The van der Waals surface area contributed by atoms with Crippen LogP contribution in [0.5, 0.6) is 5.75 Å². The maximum atomic E-state index is 10.6. The maximum Gasteiger partial charge on any atom is 0.337 e. The molecule has 13 heavy (non-hydrogen) atoms. The number of hydrogen-bond acceptors (Lipinski definition) is 2. The van der Waals surface area contributed by atoms with Crippen molar-refractivity contribution in [3.05, 3.63) is 27.7 Å². The molecule has 0 saturated heterocycles. The molecule has 1 N–H and O–H groups in total. The molecule has 0 aliphatic carbocycles. The minimum Gasteiger partial charge on any atom is -0.495 e. The number of halogens is 2. The lowest BCUT2D eigenvalue weighted by atomic mass is 10.2. The van der Waals surface area contributed by atoms with Crippen LogP contribution in [0.15, 0.2) is 12.1 Å². The second-order valence-electron chi connectivity index (χ2n) is 2.27. The average Bonchev–Trinajstić information content (AvgIpc) is 2.08. The van der Waals surface area contributed by atoms with Crippen LogP contribution in [-0.4, -0.2) is 18.2 Å². The van der Waals surface area contributed by atoms with Crippen LogP contribution in [0.2, 0.25) is 10.0 Å². The van der Waals surface area contributed by atoms with Crippen LogP contribution in [-0.2, 0) is 0 Å². The molecular weight excluding hydrogens is 215 g/mol. The largest absolute Gasteiger partial charge is 0.495 e. The number of carboxylic acid groups (broad SMARTS) is 1. The third kappa shape index (κ3) is 2.05. The molecule has 0 aliphatic heterocycles. The van der Waals surface area contributed by atoms with Gasteiger partial charge in [-0.05, 0) is 6.07 Å². The smallest absolute Gasteiger partial charge is 0.337 e. The van der Waals surface area contributed by atoms with Gasteiger partial charge in [-0.1, -0.05) is 23.2 Å². The van der Waals surface area contributed by atoms with Gasteiger partial charge < -0.3 is 9.84 Å². The molecule has 0 fully saturated rings. The van der Waals surface area contributed by atoms with E-state index in [0.717, 1.165) is 0 Å². The maximum absolute atomic E-state index is 10.6. The van der Waals surface area contributed by atoms with Crippen molar-refractivity contribution >= 4 is 29.2 Å². The van der Waals surface area contributed by atoms with E-state index in [1.807, 2.05) is 0 Å². The Morgan fingerprint density at radius 3 is 2.54 bits per heavy atom. The van der Waals surface area contributed by atoms with Gasteiger partial charge in [-0.2, -0.15) is 0 Å². The summed E-state index contributed by atoms with van der Waals surface area (Å²) in [6.45, 7) is 0. The molecular formula is C8H6Cl2O3. The van der Waals surface area contributed by atoms with Gasteiger partial charge in [0.1, 0.15) is 5.75 Å². The number of ether oxygens (including phenoxy) is 1. The second-order valence-corrected chi connectivity index (χ2v) is 3.09. The fraction of sp³-hybridized carbons (Fsp3) is 0.125. The molecule has 0 aliphatic rings. The molecule has 0 aromatic heterocycles. The Balaban J connectivity index is 3.35. The summed E-state index contributed by atoms with van der Waals surface area (Å²) >= 11 is 11.4. The van der Waals surface area contributed by atoms with Crippen molar-refractivity contribution in [2.75, 3.05) is 7.11 Å². The first-order valence-electron chi connectivity index (χ1n) is 3.32. The van der Waals surface area contributed by atoms with Gasteiger partial charge in [-0.15, -0.1) is 0 Å². The molecule has 0 amide bonds. The third-order valence-electron chi connectivity index (χ3n) is 1.45. The van der Waals surface area contributed by atoms with Crippen LogP contribution >= 0.6 is 23.2 Å². The van der Waals surface area contributed by atoms with Crippen molar-refractivity contribution < 1.29 is 14.6 Å². The van der Waals surface area contributed by atoms with Crippen LogP contribution in [0, 0.1) is 0 Å². The Hall–Kier alpha value is -0.930. The molecule has 1 rings (SSSR count). The number of benzene rings is 1. The highest BCUT2D eigenvalue weighted by Crippen LogP contribution is 2.31. The molecule has 0 heterocycles. The van der Waals surface area contributed by atoms with Gasteiger partial charge in [-0.3, -0.25) is 0 Å². The first-order chi connectivity index (χ1) is 6.06. The van der Waals surface area contributed by atoms with Gasteiger partial charge in [-0.25, -0.2) is 4.79 Å². The van der Waals surface area contributed by atoms with E-state index in [1.165, 1.54) is 19.2 Å². The molecule has 5 heteroatoms. The zero-order valence-electron chi connectivity index (χ0n) is 6.67. The van der Waals surface area contributed by atoms with Gasteiger partial charge >= 0.3 is 5.97 Å². The van der Waals surface area contributed by atoms with E-state index in [0.29, 0.717) is 0 Å². The molecule has 0 unspecified atom stereocenters. The van der Waals surface area contributed by atoms with Crippen LogP contribution in [0.3, 0.4) is 0 Å². The number of methoxy groups -OCH3 is 1. The molecule has 0 saturated carbocycles. The van der Waals surface area contributed by atoms with E-state index < -0.39 is 5.97 Å². The van der Waals surface area contributed by atoms with E-state index in [-0.39, 0.29) is 21.4 Å². The topological polar surface area (TPSA) is 46.5 Å². The van der Waals surface area contributed by atoms with E-state index in [1.54, 1.807) is 0 Å². The summed E-state index contributed by atoms with van der Waals surface area (Å²) in [7, 11) is 1.39. The fourth-order valence-electron chi connectivity index (χ4n) is 0.868. The monoisotopic (exact) mass is 220 g/mol. The van der Waals surface area contributed by atoms with Gasteiger partial charge in [0.25, 0.3) is 0 Å². The quantitative estimate of drug-likeness (QED) is 0.834. The molecule has 3 nitrogen and oxygen atoms in total. The van der Waals surface area contributed by atoms with Gasteiger partial charge in [0, 0.05) is 11.1 Å². The Labute approximate surface area is 84.8 Å². The van der Waals surface area contributed by atoms with E-state index >= 15 is 0 Å². The van der Waals surface area contributed by atoms with Crippen molar-refractivity contribution in [1.82, 2.24) is 0 Å². The summed E-state index contributed by atoms with van der Waals surface area (Å²) in [5.41, 5.74) is -0.0639. The van der Waals surface area contributed by atoms with Crippen molar-refractivity contribution in [2.24, 2.45) is 0 Å². The average molecular weight is 221 g/mol. The Morgan fingerprint density at radius 1 is 1.46 bits per heavy atom. The summed E-state index contributed by atoms with van der Waals surface area (Å²) in [4.78, 5) is 10.6. The molecule has 0 atom stereocenters. The zero-order valence-corrected chi connectivity index (χ0v) is 8.19. The van der Waals surface area contributed by atoms with E-state index in [9.17, 15) is 4.79 Å². The molecule has 70 valence electrons. The standard InChI is InChI=1S/C8H6Cl2O3/c1-13-6-3-4(9)2-5(7(6)10)8(11)12/h2-3H,1H3,(H,11,12). The summed E-state index contributed by atoms with van der Waals surface area (Å²) in [6.07, 6.45) is 0. The number of rotatable bonds is 2. The predicted molar refractivity (Wildman–Crippen MR) is 50.0 cm³/mol. The van der Waals surface area contributed by atoms with Crippen LogP contribution in [0.1, 0.15) is 10.4 Å². The molecule has 0 bridgehead atoms. The number of carboxylic acids is 1. The lowest BCUT2D eigenvalue weighted by Crippen LogP contribution is -1.99. The fourth-order valence-corrected chi connectivity index (χ4v) is 1.34. The number of hydrogen-bond donors (Lipinski definition) is 1. The normalized spacial score (nSPS) is 9.77. The second kappa shape index (κ2) is 3.85. The summed E-state index contributed by atoms with van der Waals surface area (Å²) in [6, 6.07) is 2.73. The number of aromatic carboxylic acids is 1. The van der Waals surface area contributed by atoms with Gasteiger partial charge in [0.2, 0.25) is 0 Å². The highest BCUT2D eigenvalue weighted by Gasteiger charge is 2.14. The first kappa shape index (κ1) is 10.2. The molecule has 1 aromatic carbocycles. The minimum atomic E-state index is -1.13. The first-order valence-corrected chi connectivity index (χ1v) is 4.08. The SMILES string of the molecule is COc1cc(Cl)cc(C(=O)O)c1Cl.